The van der Waals surface area contributed by atoms with Crippen LogP contribution in [0.1, 0.15) is 32.0 Å². The molecule has 1 fully saturated rings. The van der Waals surface area contributed by atoms with Crippen LogP contribution in [0, 0.1) is 0 Å². The van der Waals surface area contributed by atoms with Crippen molar-refractivity contribution >= 4 is 16.7 Å². The number of hydrogen-bond acceptors (Lipinski definition) is 7. The van der Waals surface area contributed by atoms with Gasteiger partial charge in [0.1, 0.15) is 23.4 Å². The predicted molar refractivity (Wildman–Crippen MR) is 123 cm³/mol. The van der Waals surface area contributed by atoms with Crippen LogP contribution in [0.2, 0.25) is 0 Å². The lowest BCUT2D eigenvalue weighted by atomic mass is 9.90. The van der Waals surface area contributed by atoms with Crippen molar-refractivity contribution in [3.63, 3.8) is 0 Å². The minimum absolute atomic E-state index is 0.171. The minimum atomic E-state index is -0.171. The highest BCUT2D eigenvalue weighted by atomic mass is 15.4. The Kier molecular flexibility index (Phi) is 3.73. The van der Waals surface area contributed by atoms with Crippen LogP contribution in [0.4, 0.5) is 5.82 Å². The number of hydrogen-bond donors (Lipinski definition) is 0. The van der Waals surface area contributed by atoms with E-state index in [-0.39, 0.29) is 5.54 Å². The first kappa shape index (κ1) is 18.4. The summed E-state index contributed by atoms with van der Waals surface area (Å²) in [4.78, 5) is 21.4. The molecule has 6 heterocycles. The van der Waals surface area contributed by atoms with Gasteiger partial charge in [-0.05, 0) is 31.4 Å². The van der Waals surface area contributed by atoms with Gasteiger partial charge < -0.3 is 4.90 Å². The Bertz CT molecular complexity index is 1520. The van der Waals surface area contributed by atoms with E-state index in [1.165, 1.54) is 0 Å². The first-order valence-corrected chi connectivity index (χ1v) is 11.2. The molecule has 162 valence electrons. The Balaban J connectivity index is 1.38. The van der Waals surface area contributed by atoms with Gasteiger partial charge in [0.2, 0.25) is 5.95 Å². The van der Waals surface area contributed by atoms with Crippen LogP contribution in [-0.2, 0) is 5.54 Å². The third kappa shape index (κ3) is 2.47. The molecule has 0 unspecified atom stereocenters. The van der Waals surface area contributed by atoms with Crippen molar-refractivity contribution < 1.29 is 0 Å². The van der Waals surface area contributed by atoms with Gasteiger partial charge in [-0.3, -0.25) is 14.1 Å². The first-order valence-electron chi connectivity index (χ1n) is 11.2. The summed E-state index contributed by atoms with van der Waals surface area (Å²) in [5, 5.41) is 9.77. The zero-order valence-corrected chi connectivity index (χ0v) is 18.1. The maximum Gasteiger partial charge on any atom is 0.237 e. The first-order chi connectivity index (χ1) is 16.3. The van der Waals surface area contributed by atoms with Crippen LogP contribution in [0.5, 0.6) is 0 Å². The third-order valence-corrected chi connectivity index (χ3v) is 7.00. The van der Waals surface area contributed by atoms with Crippen LogP contribution < -0.4 is 4.90 Å². The summed E-state index contributed by atoms with van der Waals surface area (Å²) in [5.41, 5.74) is 2.62. The van der Waals surface area contributed by atoms with E-state index in [2.05, 4.69) is 44.1 Å². The summed E-state index contributed by atoms with van der Waals surface area (Å²) >= 11 is 0. The van der Waals surface area contributed by atoms with E-state index in [4.69, 9.17) is 9.97 Å². The zero-order chi connectivity index (χ0) is 22.0. The molecule has 7 rings (SSSR count). The van der Waals surface area contributed by atoms with E-state index in [1.807, 2.05) is 45.9 Å². The maximum absolute atomic E-state index is 5.06. The third-order valence-electron chi connectivity index (χ3n) is 7.00. The largest absolute Gasteiger partial charge is 0.342 e. The monoisotopic (exact) mass is 435 g/mol. The molecule has 1 atom stereocenters. The van der Waals surface area contributed by atoms with Gasteiger partial charge >= 0.3 is 0 Å². The molecule has 1 aromatic carbocycles. The van der Waals surface area contributed by atoms with Gasteiger partial charge in [-0.1, -0.05) is 25.1 Å². The summed E-state index contributed by atoms with van der Waals surface area (Å²) in [7, 11) is 0. The molecule has 2 aliphatic rings. The van der Waals surface area contributed by atoms with E-state index in [1.54, 1.807) is 12.5 Å². The highest BCUT2D eigenvalue weighted by molar-refractivity contribution is 5.82. The molecule has 5 aromatic rings. The lowest BCUT2D eigenvalue weighted by Crippen LogP contribution is -2.46. The molecule has 0 spiro atoms. The molecule has 0 saturated carbocycles. The van der Waals surface area contributed by atoms with Crippen LogP contribution in [0.15, 0.2) is 61.4 Å². The number of benzene rings is 1. The molecule has 4 aromatic heterocycles. The number of para-hydroxylation sites is 1. The standard InChI is InChI=1S/C24H21N9/c1-2-24-8-5-10-33(24)21-19(32-15-28-30-22(24)32)14-27-23(29-21)31-11-9-25-20(31)17-12-16-6-3-4-7-18(16)26-13-17/h3-4,6-7,9,11-15H,2,5,8,10H2,1H3/t24-/m0/s1. The van der Waals surface area contributed by atoms with Crippen molar-refractivity contribution in [2.45, 2.75) is 31.7 Å². The van der Waals surface area contributed by atoms with Gasteiger partial charge in [0.05, 0.1) is 11.7 Å². The van der Waals surface area contributed by atoms with Crippen molar-refractivity contribution in [2.24, 2.45) is 0 Å². The number of fused-ring (bicyclic) bond motifs is 7. The Morgan fingerprint density at radius 1 is 1.06 bits per heavy atom. The van der Waals surface area contributed by atoms with E-state index in [0.29, 0.717) is 5.95 Å². The molecular formula is C24H21N9. The van der Waals surface area contributed by atoms with E-state index < -0.39 is 0 Å². The molecule has 0 N–H and O–H groups in total. The van der Waals surface area contributed by atoms with E-state index in [0.717, 1.165) is 65.4 Å². The Labute approximate surface area is 189 Å². The fraction of sp³-hybridized carbons (Fsp3) is 0.250. The maximum atomic E-state index is 5.06. The molecule has 0 amide bonds. The van der Waals surface area contributed by atoms with Gasteiger partial charge in [-0.15, -0.1) is 10.2 Å². The van der Waals surface area contributed by atoms with Gasteiger partial charge in [0.15, 0.2) is 11.6 Å². The minimum Gasteiger partial charge on any atom is -0.342 e. The van der Waals surface area contributed by atoms with Crippen LogP contribution in [0.3, 0.4) is 0 Å². The van der Waals surface area contributed by atoms with Crippen LogP contribution in [-0.4, -0.2) is 45.8 Å². The molecular weight excluding hydrogens is 414 g/mol. The number of rotatable bonds is 3. The Hall–Kier alpha value is -4.14. The quantitative estimate of drug-likeness (QED) is 0.427. The lowest BCUT2D eigenvalue weighted by Gasteiger charge is -2.42. The number of pyridine rings is 1. The SMILES string of the molecule is CC[C@@]12CCCN1c1nc(-n3ccnc3-c3cnc4ccccc4c3)ncc1-n1cnnc12. The highest BCUT2D eigenvalue weighted by Crippen LogP contribution is 2.48. The molecule has 33 heavy (non-hydrogen) atoms. The molecule has 0 aliphatic carbocycles. The van der Waals surface area contributed by atoms with Crippen molar-refractivity contribution in [2.75, 3.05) is 11.4 Å². The van der Waals surface area contributed by atoms with Crippen molar-refractivity contribution in [3.8, 4) is 23.0 Å². The number of aromatic nitrogens is 8. The summed E-state index contributed by atoms with van der Waals surface area (Å²) < 4.78 is 3.98. The summed E-state index contributed by atoms with van der Waals surface area (Å²) in [6.07, 6.45) is 12.3. The lowest BCUT2D eigenvalue weighted by molar-refractivity contribution is 0.382. The highest BCUT2D eigenvalue weighted by Gasteiger charge is 2.49. The van der Waals surface area contributed by atoms with Crippen LogP contribution in [0.25, 0.3) is 33.9 Å². The number of imidazole rings is 1. The average molecular weight is 435 g/mol. The van der Waals surface area contributed by atoms with Crippen molar-refractivity contribution in [3.05, 3.63) is 67.3 Å². The molecule has 2 aliphatic heterocycles. The van der Waals surface area contributed by atoms with E-state index >= 15 is 0 Å². The van der Waals surface area contributed by atoms with Gasteiger partial charge in [0, 0.05) is 36.1 Å². The fourth-order valence-electron chi connectivity index (χ4n) is 5.39. The number of anilines is 1. The summed E-state index contributed by atoms with van der Waals surface area (Å²) in [6, 6.07) is 10.2. The molecule has 0 bridgehead atoms. The van der Waals surface area contributed by atoms with Crippen LogP contribution >= 0.6 is 0 Å². The summed E-state index contributed by atoms with van der Waals surface area (Å²) in [6.45, 7) is 3.15. The fourth-order valence-corrected chi connectivity index (χ4v) is 5.39. The van der Waals surface area contributed by atoms with Gasteiger partial charge in [0.25, 0.3) is 0 Å². The molecule has 9 nitrogen and oxygen atoms in total. The number of nitrogens with zero attached hydrogens (tertiary/aromatic N) is 9. The Morgan fingerprint density at radius 2 is 2.00 bits per heavy atom. The van der Waals surface area contributed by atoms with Crippen molar-refractivity contribution in [1.29, 1.82) is 0 Å². The second kappa shape index (κ2) is 6.68. The molecule has 9 heteroatoms. The van der Waals surface area contributed by atoms with Gasteiger partial charge in [-0.2, -0.15) is 4.98 Å². The second-order valence-corrected chi connectivity index (χ2v) is 8.58. The predicted octanol–water partition coefficient (Wildman–Crippen LogP) is 3.68. The van der Waals surface area contributed by atoms with Crippen molar-refractivity contribution in [1.82, 2.24) is 39.3 Å². The second-order valence-electron chi connectivity index (χ2n) is 8.58. The Morgan fingerprint density at radius 3 is 2.94 bits per heavy atom. The normalized spacial score (nSPS) is 18.9. The average Bonchev–Trinajstić information content (AvgIpc) is 3.63. The summed E-state index contributed by atoms with van der Waals surface area (Å²) in [5.74, 6) is 3.25. The topological polar surface area (TPSA) is 90.4 Å². The van der Waals surface area contributed by atoms with E-state index in [9.17, 15) is 0 Å². The smallest absolute Gasteiger partial charge is 0.237 e. The molecule has 1 saturated heterocycles. The van der Waals surface area contributed by atoms with Gasteiger partial charge in [-0.25, -0.2) is 9.97 Å². The zero-order valence-electron chi connectivity index (χ0n) is 18.1. The molecule has 0 radical (unpaired) electrons.